The zero-order valence-corrected chi connectivity index (χ0v) is 19.8. The van der Waals surface area contributed by atoms with E-state index in [1.54, 1.807) is 18.4 Å². The molecule has 3 nitrogen and oxygen atoms in total. The summed E-state index contributed by atoms with van der Waals surface area (Å²) < 4.78 is 11.6. The summed E-state index contributed by atoms with van der Waals surface area (Å²) in [4.78, 5) is 1.17. The van der Waals surface area contributed by atoms with Gasteiger partial charge in [0, 0.05) is 17.0 Å². The summed E-state index contributed by atoms with van der Waals surface area (Å²) >= 11 is 8.30. The van der Waals surface area contributed by atoms with Crippen LogP contribution in [0.3, 0.4) is 0 Å². The summed E-state index contributed by atoms with van der Waals surface area (Å²) in [5.74, 6) is 2.22. The second-order valence-electron chi connectivity index (χ2n) is 10.7. The Kier molecular flexibility index (Phi) is 5.11. The molecule has 5 heteroatoms. The first-order valence-corrected chi connectivity index (χ1v) is 12.3. The van der Waals surface area contributed by atoms with Gasteiger partial charge in [-0.1, -0.05) is 31.5 Å². The Morgan fingerprint density at radius 3 is 2.53 bits per heavy atom. The molecule has 6 rings (SSSR count). The zero-order valence-electron chi connectivity index (χ0n) is 18.2. The standard InChI is InChI=1S/C25H32ClNO2S/c1-23-9-18-10-24(2,14-23)16-25(11-18,15-23)27-12-17-7-20(26)22(21(8-17)28-3)29-13-19-5-4-6-30-19/h4-8,18,27H,9-16H2,1-3H3. The van der Waals surface area contributed by atoms with Crippen molar-refractivity contribution in [1.82, 2.24) is 5.32 Å². The number of thiophene rings is 1. The molecule has 0 aliphatic heterocycles. The van der Waals surface area contributed by atoms with Gasteiger partial charge in [-0.3, -0.25) is 0 Å². The van der Waals surface area contributed by atoms with E-state index in [1.165, 1.54) is 43.4 Å². The minimum Gasteiger partial charge on any atom is -0.493 e. The van der Waals surface area contributed by atoms with Crippen LogP contribution in [0.2, 0.25) is 5.02 Å². The normalized spacial score (nSPS) is 34.3. The van der Waals surface area contributed by atoms with Crippen LogP contribution >= 0.6 is 22.9 Å². The van der Waals surface area contributed by atoms with Gasteiger partial charge in [-0.05, 0) is 84.4 Å². The molecule has 4 fully saturated rings. The van der Waals surface area contributed by atoms with E-state index < -0.39 is 0 Å². The zero-order chi connectivity index (χ0) is 21.0. The first kappa shape index (κ1) is 20.7. The lowest BCUT2D eigenvalue weighted by molar-refractivity contribution is -0.118. The molecule has 4 aliphatic carbocycles. The summed E-state index contributed by atoms with van der Waals surface area (Å²) in [6, 6.07) is 8.20. The van der Waals surface area contributed by atoms with Gasteiger partial charge < -0.3 is 14.8 Å². The predicted octanol–water partition coefficient (Wildman–Crippen LogP) is 6.83. The molecule has 2 unspecified atom stereocenters. The van der Waals surface area contributed by atoms with E-state index >= 15 is 0 Å². The second-order valence-corrected chi connectivity index (χ2v) is 12.2. The summed E-state index contributed by atoms with van der Waals surface area (Å²) in [6.45, 7) is 6.37. The van der Waals surface area contributed by atoms with Crippen LogP contribution in [0.4, 0.5) is 0 Å². The highest BCUT2D eigenvalue weighted by atomic mass is 35.5. The summed E-state index contributed by atoms with van der Waals surface area (Å²) in [6.07, 6.45) is 8.17. The van der Waals surface area contributed by atoms with Crippen LogP contribution in [0, 0.1) is 16.7 Å². The molecule has 4 saturated carbocycles. The molecule has 30 heavy (non-hydrogen) atoms. The Bertz CT molecular complexity index is 909. The molecule has 162 valence electrons. The van der Waals surface area contributed by atoms with Crippen molar-refractivity contribution in [3.05, 3.63) is 45.1 Å². The lowest BCUT2D eigenvalue weighted by Gasteiger charge is -2.65. The van der Waals surface area contributed by atoms with Crippen molar-refractivity contribution in [2.75, 3.05) is 7.11 Å². The monoisotopic (exact) mass is 445 g/mol. The van der Waals surface area contributed by atoms with Gasteiger partial charge in [-0.15, -0.1) is 11.3 Å². The minimum absolute atomic E-state index is 0.275. The van der Waals surface area contributed by atoms with Crippen LogP contribution in [0.15, 0.2) is 29.6 Å². The van der Waals surface area contributed by atoms with E-state index in [1.807, 2.05) is 12.1 Å². The average molecular weight is 446 g/mol. The molecule has 0 spiro atoms. The van der Waals surface area contributed by atoms with Crippen LogP contribution in [0.5, 0.6) is 11.5 Å². The Hall–Kier alpha value is -1.23. The molecule has 2 atom stereocenters. The molecule has 4 bridgehead atoms. The second kappa shape index (κ2) is 7.43. The van der Waals surface area contributed by atoms with Crippen LogP contribution in [-0.4, -0.2) is 12.6 Å². The quantitative estimate of drug-likeness (QED) is 0.506. The largest absolute Gasteiger partial charge is 0.493 e. The van der Waals surface area contributed by atoms with E-state index in [9.17, 15) is 0 Å². The Labute approximate surface area is 189 Å². The third kappa shape index (κ3) is 3.87. The van der Waals surface area contributed by atoms with Gasteiger partial charge in [0.2, 0.25) is 0 Å². The topological polar surface area (TPSA) is 30.5 Å². The molecule has 1 heterocycles. The number of hydrogen-bond donors (Lipinski definition) is 1. The Morgan fingerprint density at radius 1 is 1.13 bits per heavy atom. The van der Waals surface area contributed by atoms with Gasteiger partial charge in [0.25, 0.3) is 0 Å². The maximum absolute atomic E-state index is 6.62. The number of benzene rings is 1. The molecule has 2 aromatic rings. The van der Waals surface area contributed by atoms with Gasteiger partial charge in [0.1, 0.15) is 6.61 Å². The number of nitrogens with one attached hydrogen (secondary N) is 1. The molecular weight excluding hydrogens is 414 g/mol. The fourth-order valence-electron chi connectivity index (χ4n) is 7.49. The predicted molar refractivity (Wildman–Crippen MR) is 124 cm³/mol. The van der Waals surface area contributed by atoms with E-state index in [-0.39, 0.29) is 5.54 Å². The van der Waals surface area contributed by atoms with Gasteiger partial charge in [-0.2, -0.15) is 0 Å². The molecule has 0 amide bonds. The van der Waals surface area contributed by atoms with E-state index in [2.05, 4.69) is 36.7 Å². The van der Waals surface area contributed by atoms with Crippen molar-refractivity contribution >= 4 is 22.9 Å². The van der Waals surface area contributed by atoms with Crippen molar-refractivity contribution in [2.45, 2.75) is 71.1 Å². The number of halogens is 1. The minimum atomic E-state index is 0.275. The maximum Gasteiger partial charge on any atom is 0.180 e. The average Bonchev–Trinajstić information content (AvgIpc) is 3.16. The lowest BCUT2D eigenvalue weighted by Crippen LogP contribution is -2.63. The highest BCUT2D eigenvalue weighted by molar-refractivity contribution is 7.09. The van der Waals surface area contributed by atoms with Crippen LogP contribution in [-0.2, 0) is 13.2 Å². The van der Waals surface area contributed by atoms with Crippen molar-refractivity contribution in [3.8, 4) is 11.5 Å². The molecule has 4 aliphatic rings. The smallest absolute Gasteiger partial charge is 0.180 e. The van der Waals surface area contributed by atoms with Gasteiger partial charge in [0.05, 0.1) is 12.1 Å². The van der Waals surface area contributed by atoms with E-state index in [0.29, 0.717) is 34.0 Å². The lowest BCUT2D eigenvalue weighted by atomic mass is 9.43. The number of hydrogen-bond acceptors (Lipinski definition) is 4. The van der Waals surface area contributed by atoms with Crippen molar-refractivity contribution < 1.29 is 9.47 Å². The highest BCUT2D eigenvalue weighted by Gasteiger charge is 2.59. The molecular formula is C25H32ClNO2S. The number of rotatable bonds is 7. The van der Waals surface area contributed by atoms with E-state index in [0.717, 1.165) is 18.0 Å². The van der Waals surface area contributed by atoms with Crippen molar-refractivity contribution in [2.24, 2.45) is 16.7 Å². The van der Waals surface area contributed by atoms with Crippen LogP contribution in [0.1, 0.15) is 62.8 Å². The summed E-state index contributed by atoms with van der Waals surface area (Å²) in [7, 11) is 1.68. The third-order valence-electron chi connectivity index (χ3n) is 7.52. The molecule has 1 N–H and O–H groups in total. The number of methoxy groups -OCH3 is 1. The van der Waals surface area contributed by atoms with Gasteiger partial charge in [-0.25, -0.2) is 0 Å². The first-order chi connectivity index (χ1) is 14.3. The van der Waals surface area contributed by atoms with E-state index in [4.69, 9.17) is 21.1 Å². The highest BCUT2D eigenvalue weighted by Crippen LogP contribution is 2.66. The fraction of sp³-hybridized carbons (Fsp3) is 0.600. The van der Waals surface area contributed by atoms with Crippen molar-refractivity contribution in [1.29, 1.82) is 0 Å². The fourth-order valence-corrected chi connectivity index (χ4v) is 8.39. The summed E-state index contributed by atoms with van der Waals surface area (Å²) in [5, 5.41) is 6.66. The van der Waals surface area contributed by atoms with Crippen LogP contribution < -0.4 is 14.8 Å². The molecule has 0 radical (unpaired) electrons. The maximum atomic E-state index is 6.62. The van der Waals surface area contributed by atoms with Gasteiger partial charge >= 0.3 is 0 Å². The Balaban J connectivity index is 1.31. The molecule has 0 saturated heterocycles. The SMILES string of the molecule is COc1cc(CNC23CC4CC(C)(CC(C)(C4)C2)C3)cc(Cl)c1OCc1cccs1. The van der Waals surface area contributed by atoms with Crippen LogP contribution in [0.25, 0.3) is 0 Å². The third-order valence-corrected chi connectivity index (χ3v) is 8.65. The summed E-state index contributed by atoms with van der Waals surface area (Å²) in [5.41, 5.74) is 2.45. The molecule has 1 aromatic heterocycles. The number of ether oxygens (including phenoxy) is 2. The first-order valence-electron chi connectivity index (χ1n) is 11.1. The van der Waals surface area contributed by atoms with Crippen molar-refractivity contribution in [3.63, 3.8) is 0 Å². The Morgan fingerprint density at radius 2 is 1.90 bits per heavy atom. The van der Waals surface area contributed by atoms with Gasteiger partial charge in [0.15, 0.2) is 11.5 Å². The molecule has 1 aromatic carbocycles.